The Labute approximate surface area is 130 Å². The summed E-state index contributed by atoms with van der Waals surface area (Å²) in [6, 6.07) is 13.8. The molecule has 4 nitrogen and oxygen atoms in total. The highest BCUT2D eigenvalue weighted by Crippen LogP contribution is 2.20. The smallest absolute Gasteiger partial charge is 0.268 e. The number of nitrogens with one attached hydrogen (secondary N) is 2. The summed E-state index contributed by atoms with van der Waals surface area (Å²) in [6.07, 6.45) is 1.71. The second-order valence-electron chi connectivity index (χ2n) is 5.44. The standard InChI is InChI=1S/C18H20N2O2/c1-12(2)19-18(22)17(20-13(3)21)11-15-9-6-8-14-7-4-5-10-16(14)15/h4-12H,1-3H3,(H,19,22)(H,20,21)/b17-11-. The molecule has 0 fully saturated rings. The first-order valence-electron chi connectivity index (χ1n) is 7.25. The maximum absolute atomic E-state index is 12.2. The monoisotopic (exact) mass is 296 g/mol. The average Bonchev–Trinajstić information content (AvgIpc) is 2.45. The summed E-state index contributed by atoms with van der Waals surface area (Å²) in [5.41, 5.74) is 1.14. The van der Waals surface area contributed by atoms with E-state index in [1.165, 1.54) is 6.92 Å². The lowest BCUT2D eigenvalue weighted by Gasteiger charge is -2.12. The Bertz CT molecular complexity index is 727. The SMILES string of the molecule is CC(=O)N/C(=C\c1cccc2ccccc12)C(=O)NC(C)C. The molecule has 0 aliphatic rings. The molecule has 0 radical (unpaired) electrons. The lowest BCUT2D eigenvalue weighted by molar-refractivity contribution is -0.122. The zero-order valence-electron chi connectivity index (χ0n) is 13.0. The van der Waals surface area contributed by atoms with Crippen molar-refractivity contribution in [2.75, 3.05) is 0 Å². The molecule has 2 N–H and O–H groups in total. The van der Waals surface area contributed by atoms with Gasteiger partial charge in [0.05, 0.1) is 0 Å². The lowest BCUT2D eigenvalue weighted by Crippen LogP contribution is -2.37. The fourth-order valence-electron chi connectivity index (χ4n) is 2.22. The first-order chi connectivity index (χ1) is 10.5. The Morgan fingerprint density at radius 2 is 1.73 bits per heavy atom. The van der Waals surface area contributed by atoms with E-state index >= 15 is 0 Å². The summed E-state index contributed by atoms with van der Waals surface area (Å²) in [5.74, 6) is -0.566. The van der Waals surface area contributed by atoms with Crippen LogP contribution in [0.5, 0.6) is 0 Å². The van der Waals surface area contributed by atoms with Crippen molar-refractivity contribution in [3.63, 3.8) is 0 Å². The Morgan fingerprint density at radius 1 is 1.05 bits per heavy atom. The van der Waals surface area contributed by atoms with Crippen molar-refractivity contribution in [1.29, 1.82) is 0 Å². The van der Waals surface area contributed by atoms with E-state index in [9.17, 15) is 9.59 Å². The van der Waals surface area contributed by atoms with Crippen LogP contribution in [0, 0.1) is 0 Å². The van der Waals surface area contributed by atoms with Crippen molar-refractivity contribution >= 4 is 28.7 Å². The summed E-state index contributed by atoms with van der Waals surface area (Å²) in [5, 5.41) is 7.52. The molecule has 114 valence electrons. The van der Waals surface area contributed by atoms with Gasteiger partial charge in [-0.3, -0.25) is 9.59 Å². The van der Waals surface area contributed by atoms with Gasteiger partial charge in [-0.25, -0.2) is 0 Å². The van der Waals surface area contributed by atoms with Gasteiger partial charge in [-0.05, 0) is 36.3 Å². The quantitative estimate of drug-likeness (QED) is 0.852. The minimum absolute atomic E-state index is 0.00262. The minimum atomic E-state index is -0.293. The van der Waals surface area contributed by atoms with Gasteiger partial charge < -0.3 is 10.6 Å². The van der Waals surface area contributed by atoms with Crippen LogP contribution in [0.4, 0.5) is 0 Å². The van der Waals surface area contributed by atoms with E-state index in [1.807, 2.05) is 56.3 Å². The molecule has 0 unspecified atom stereocenters. The van der Waals surface area contributed by atoms with Gasteiger partial charge in [-0.15, -0.1) is 0 Å². The fourth-order valence-corrected chi connectivity index (χ4v) is 2.22. The van der Waals surface area contributed by atoms with Crippen LogP contribution in [0.2, 0.25) is 0 Å². The van der Waals surface area contributed by atoms with Crippen LogP contribution in [0.25, 0.3) is 16.8 Å². The third-order valence-electron chi connectivity index (χ3n) is 3.10. The van der Waals surface area contributed by atoms with Gasteiger partial charge in [-0.2, -0.15) is 0 Å². The van der Waals surface area contributed by atoms with Gasteiger partial charge in [-0.1, -0.05) is 42.5 Å². The van der Waals surface area contributed by atoms with Crippen LogP contribution in [-0.2, 0) is 9.59 Å². The van der Waals surface area contributed by atoms with E-state index in [0.717, 1.165) is 16.3 Å². The Kier molecular flexibility index (Phi) is 4.94. The van der Waals surface area contributed by atoms with Crippen LogP contribution < -0.4 is 10.6 Å². The molecule has 0 bridgehead atoms. The maximum atomic E-state index is 12.2. The number of hydrogen-bond acceptors (Lipinski definition) is 2. The molecule has 2 aromatic rings. The Balaban J connectivity index is 2.46. The molecule has 0 heterocycles. The van der Waals surface area contributed by atoms with Gasteiger partial charge in [0.15, 0.2) is 0 Å². The van der Waals surface area contributed by atoms with Gasteiger partial charge in [0.25, 0.3) is 5.91 Å². The van der Waals surface area contributed by atoms with Gasteiger partial charge in [0, 0.05) is 13.0 Å². The second kappa shape index (κ2) is 6.89. The number of fused-ring (bicyclic) bond motifs is 1. The van der Waals surface area contributed by atoms with Crippen molar-refractivity contribution in [1.82, 2.24) is 10.6 Å². The topological polar surface area (TPSA) is 58.2 Å². The fraction of sp³-hybridized carbons (Fsp3) is 0.222. The number of hydrogen-bond donors (Lipinski definition) is 2. The van der Waals surface area contributed by atoms with Crippen LogP contribution in [0.3, 0.4) is 0 Å². The molecule has 22 heavy (non-hydrogen) atoms. The predicted molar refractivity (Wildman–Crippen MR) is 89.0 cm³/mol. The Morgan fingerprint density at radius 3 is 2.41 bits per heavy atom. The molecule has 0 atom stereocenters. The molecule has 0 saturated heterocycles. The van der Waals surface area contributed by atoms with Crippen molar-refractivity contribution in [3.8, 4) is 0 Å². The average molecular weight is 296 g/mol. The third-order valence-corrected chi connectivity index (χ3v) is 3.10. The van der Waals surface area contributed by atoms with E-state index in [1.54, 1.807) is 6.08 Å². The molecule has 2 amide bonds. The van der Waals surface area contributed by atoms with Crippen molar-refractivity contribution in [2.45, 2.75) is 26.8 Å². The van der Waals surface area contributed by atoms with E-state index in [-0.39, 0.29) is 23.6 Å². The largest absolute Gasteiger partial charge is 0.349 e. The van der Waals surface area contributed by atoms with Gasteiger partial charge >= 0.3 is 0 Å². The molecule has 0 aliphatic heterocycles. The minimum Gasteiger partial charge on any atom is -0.349 e. The maximum Gasteiger partial charge on any atom is 0.268 e. The van der Waals surface area contributed by atoms with Gasteiger partial charge in [0.1, 0.15) is 5.70 Å². The zero-order chi connectivity index (χ0) is 16.1. The van der Waals surface area contributed by atoms with Crippen molar-refractivity contribution in [2.24, 2.45) is 0 Å². The summed E-state index contributed by atoms with van der Waals surface area (Å²) < 4.78 is 0. The number of carbonyl (C=O) groups is 2. The first-order valence-corrected chi connectivity index (χ1v) is 7.25. The third kappa shape index (κ3) is 3.95. The van der Waals surface area contributed by atoms with Gasteiger partial charge in [0.2, 0.25) is 5.91 Å². The molecule has 2 aromatic carbocycles. The molecule has 0 saturated carbocycles. The lowest BCUT2D eigenvalue weighted by atomic mass is 10.0. The van der Waals surface area contributed by atoms with Crippen molar-refractivity contribution < 1.29 is 9.59 Å². The number of rotatable bonds is 4. The highest BCUT2D eigenvalue weighted by Gasteiger charge is 2.12. The summed E-state index contributed by atoms with van der Waals surface area (Å²) >= 11 is 0. The van der Waals surface area contributed by atoms with E-state index in [4.69, 9.17) is 0 Å². The molecule has 4 heteroatoms. The zero-order valence-corrected chi connectivity index (χ0v) is 13.0. The molecular weight excluding hydrogens is 276 g/mol. The molecule has 0 spiro atoms. The summed E-state index contributed by atoms with van der Waals surface area (Å²) in [4.78, 5) is 23.6. The Hall–Kier alpha value is -2.62. The highest BCUT2D eigenvalue weighted by atomic mass is 16.2. The van der Waals surface area contributed by atoms with Crippen LogP contribution in [-0.4, -0.2) is 17.9 Å². The van der Waals surface area contributed by atoms with E-state index < -0.39 is 0 Å². The van der Waals surface area contributed by atoms with Crippen molar-refractivity contribution in [3.05, 3.63) is 53.7 Å². The molecular formula is C18H20N2O2. The summed E-state index contributed by atoms with van der Waals surface area (Å²) in [6.45, 7) is 5.14. The highest BCUT2D eigenvalue weighted by molar-refractivity contribution is 6.03. The van der Waals surface area contributed by atoms with Crippen LogP contribution >= 0.6 is 0 Å². The number of amides is 2. The molecule has 0 aliphatic carbocycles. The summed E-state index contributed by atoms with van der Waals surface area (Å²) in [7, 11) is 0. The number of carbonyl (C=O) groups excluding carboxylic acids is 2. The van der Waals surface area contributed by atoms with Crippen LogP contribution in [0.1, 0.15) is 26.3 Å². The second-order valence-corrected chi connectivity index (χ2v) is 5.44. The van der Waals surface area contributed by atoms with E-state index in [2.05, 4.69) is 10.6 Å². The normalized spacial score (nSPS) is 11.5. The number of benzene rings is 2. The molecule has 2 rings (SSSR count). The molecule has 0 aromatic heterocycles. The first kappa shape index (κ1) is 15.8. The predicted octanol–water partition coefficient (Wildman–Crippen LogP) is 2.84. The van der Waals surface area contributed by atoms with E-state index in [0.29, 0.717) is 0 Å². The van der Waals surface area contributed by atoms with Crippen LogP contribution in [0.15, 0.2) is 48.2 Å².